The molecule has 6 nitrogen and oxygen atoms in total. The summed E-state index contributed by atoms with van der Waals surface area (Å²) >= 11 is 6.21. The van der Waals surface area contributed by atoms with E-state index in [1.165, 1.54) is 0 Å². The Balaban J connectivity index is 1.52. The molecule has 0 aliphatic heterocycles. The molecule has 2 N–H and O–H groups in total. The Morgan fingerprint density at radius 1 is 1.00 bits per heavy atom. The van der Waals surface area contributed by atoms with Crippen molar-refractivity contribution in [2.75, 3.05) is 0 Å². The molecule has 5 aromatic rings. The number of hydrogen-bond acceptors (Lipinski definition) is 4. The van der Waals surface area contributed by atoms with Crippen LogP contribution in [0.5, 0.6) is 0 Å². The van der Waals surface area contributed by atoms with E-state index in [0.29, 0.717) is 11.6 Å². The van der Waals surface area contributed by atoms with Gasteiger partial charge in [-0.15, -0.1) is 0 Å². The van der Waals surface area contributed by atoms with Crippen LogP contribution < -0.4 is 5.73 Å². The van der Waals surface area contributed by atoms with E-state index in [0.717, 1.165) is 38.9 Å². The lowest BCUT2D eigenvalue weighted by Crippen LogP contribution is -2.11. The van der Waals surface area contributed by atoms with Gasteiger partial charge in [0, 0.05) is 17.1 Å². The second-order valence-corrected chi connectivity index (χ2v) is 7.41. The zero-order valence-electron chi connectivity index (χ0n) is 15.8. The Bertz CT molecular complexity index is 1430. The van der Waals surface area contributed by atoms with Crippen LogP contribution in [0.2, 0.25) is 5.02 Å². The number of carbonyl (C=O) groups is 1. The number of nitrogens with two attached hydrogens (primary N) is 1. The molecular weight excluding hydrogens is 398 g/mol. The molecule has 0 saturated carbocycles. The smallest absolute Gasteiger partial charge is 0.250 e. The summed E-state index contributed by atoms with van der Waals surface area (Å²) in [4.78, 5) is 25.0. The van der Waals surface area contributed by atoms with Crippen LogP contribution in [0, 0.1) is 0 Å². The van der Waals surface area contributed by atoms with Gasteiger partial charge in [0.25, 0.3) is 0 Å². The van der Waals surface area contributed by atoms with E-state index >= 15 is 0 Å². The molecule has 0 spiro atoms. The molecule has 7 heteroatoms. The predicted molar refractivity (Wildman–Crippen MR) is 117 cm³/mol. The Kier molecular flexibility index (Phi) is 4.41. The minimum Gasteiger partial charge on any atom is -0.366 e. The summed E-state index contributed by atoms with van der Waals surface area (Å²) in [6, 6.07) is 19.1. The van der Waals surface area contributed by atoms with Gasteiger partial charge in [-0.2, -0.15) is 0 Å². The maximum absolute atomic E-state index is 11.4. The molecule has 3 aromatic heterocycles. The van der Waals surface area contributed by atoms with Gasteiger partial charge in [0.1, 0.15) is 5.52 Å². The number of halogens is 1. The predicted octanol–water partition coefficient (Wildman–Crippen LogP) is 4.45. The van der Waals surface area contributed by atoms with Gasteiger partial charge in [-0.25, -0.2) is 9.97 Å². The van der Waals surface area contributed by atoms with Crippen LogP contribution in [-0.2, 0) is 6.54 Å². The van der Waals surface area contributed by atoms with Gasteiger partial charge in [0.05, 0.1) is 34.7 Å². The second kappa shape index (κ2) is 7.24. The number of nitrogens with zero attached hydrogens (tertiary/aromatic N) is 4. The van der Waals surface area contributed by atoms with Crippen molar-refractivity contribution in [1.29, 1.82) is 0 Å². The topological polar surface area (TPSA) is 86.7 Å². The van der Waals surface area contributed by atoms with Crippen LogP contribution >= 0.6 is 11.6 Å². The molecule has 0 aliphatic rings. The molecule has 0 atom stereocenters. The number of rotatable bonds is 4. The van der Waals surface area contributed by atoms with Crippen molar-refractivity contribution in [3.05, 3.63) is 89.3 Å². The van der Waals surface area contributed by atoms with E-state index in [9.17, 15) is 4.79 Å². The van der Waals surface area contributed by atoms with Crippen LogP contribution in [0.15, 0.2) is 73.2 Å². The molecule has 0 saturated heterocycles. The molecular formula is C23H16ClN5O. The number of primary amides is 1. The molecule has 0 bridgehead atoms. The maximum atomic E-state index is 11.4. The van der Waals surface area contributed by atoms with E-state index < -0.39 is 5.91 Å². The summed E-state index contributed by atoms with van der Waals surface area (Å²) in [5, 5.41) is 1.40. The number of pyridine rings is 2. The van der Waals surface area contributed by atoms with E-state index in [1.54, 1.807) is 30.7 Å². The molecule has 0 radical (unpaired) electrons. The minimum absolute atomic E-state index is 0.289. The molecule has 146 valence electrons. The molecule has 0 fully saturated rings. The normalized spacial score (nSPS) is 11.2. The summed E-state index contributed by atoms with van der Waals surface area (Å²) in [6.07, 6.45) is 3.58. The van der Waals surface area contributed by atoms with Crippen molar-refractivity contribution in [3.8, 4) is 11.3 Å². The van der Waals surface area contributed by atoms with Crippen LogP contribution in [0.25, 0.3) is 33.3 Å². The van der Waals surface area contributed by atoms with E-state index in [1.807, 2.05) is 34.9 Å². The average Bonchev–Trinajstić information content (AvgIpc) is 3.15. The summed E-state index contributed by atoms with van der Waals surface area (Å²) in [5.41, 5.74) is 10.8. The first-order chi connectivity index (χ1) is 14.6. The van der Waals surface area contributed by atoms with Gasteiger partial charge in [-0.1, -0.05) is 29.8 Å². The third-order valence-electron chi connectivity index (χ3n) is 5.01. The molecule has 5 rings (SSSR count). The Labute approximate surface area is 177 Å². The number of hydrogen-bond donors (Lipinski definition) is 1. The Hall–Kier alpha value is -3.77. The lowest BCUT2D eigenvalue weighted by atomic mass is 10.1. The quantitative estimate of drug-likeness (QED) is 0.471. The molecule has 0 aliphatic carbocycles. The lowest BCUT2D eigenvalue weighted by molar-refractivity contribution is 0.100. The highest BCUT2D eigenvalue weighted by molar-refractivity contribution is 6.34. The fourth-order valence-electron chi connectivity index (χ4n) is 3.51. The Morgan fingerprint density at radius 2 is 1.87 bits per heavy atom. The van der Waals surface area contributed by atoms with Crippen molar-refractivity contribution in [1.82, 2.24) is 19.5 Å². The average molecular weight is 414 g/mol. The van der Waals surface area contributed by atoms with Crippen molar-refractivity contribution in [2.45, 2.75) is 6.54 Å². The monoisotopic (exact) mass is 413 g/mol. The largest absolute Gasteiger partial charge is 0.366 e. The fourth-order valence-corrected chi connectivity index (χ4v) is 3.78. The number of imidazole rings is 1. The first kappa shape index (κ1) is 18.3. The van der Waals surface area contributed by atoms with Crippen molar-refractivity contribution in [3.63, 3.8) is 0 Å². The first-order valence-corrected chi connectivity index (χ1v) is 9.71. The van der Waals surface area contributed by atoms with Crippen molar-refractivity contribution < 1.29 is 4.79 Å². The number of fused-ring (bicyclic) bond motifs is 2. The van der Waals surface area contributed by atoms with Crippen LogP contribution in [0.4, 0.5) is 0 Å². The molecule has 0 unspecified atom stereocenters. The third kappa shape index (κ3) is 3.27. The second-order valence-electron chi connectivity index (χ2n) is 7.00. The van der Waals surface area contributed by atoms with Crippen LogP contribution in [-0.4, -0.2) is 25.4 Å². The molecule has 3 heterocycles. The van der Waals surface area contributed by atoms with Crippen LogP contribution in [0.3, 0.4) is 0 Å². The van der Waals surface area contributed by atoms with E-state index in [2.05, 4.69) is 22.1 Å². The maximum Gasteiger partial charge on any atom is 0.250 e. The van der Waals surface area contributed by atoms with Crippen LogP contribution in [0.1, 0.15) is 15.9 Å². The highest BCUT2D eigenvalue weighted by Crippen LogP contribution is 2.26. The van der Waals surface area contributed by atoms with E-state index in [-0.39, 0.29) is 5.56 Å². The standard InChI is InChI=1S/C23H16ClN5O/c24-18-11-16(4-5-17(18)22(25)30)20-7-8-21-23(28-20)29(13-27-21)12-14-3-6-19-15(10-14)2-1-9-26-19/h1-11,13H,12H2,(H2,25,30). The van der Waals surface area contributed by atoms with Gasteiger partial charge in [0.15, 0.2) is 5.65 Å². The summed E-state index contributed by atoms with van der Waals surface area (Å²) in [6.45, 7) is 0.638. The zero-order valence-corrected chi connectivity index (χ0v) is 16.5. The van der Waals surface area contributed by atoms with Gasteiger partial charge in [-0.3, -0.25) is 9.78 Å². The van der Waals surface area contributed by atoms with Crippen molar-refractivity contribution >= 4 is 39.6 Å². The Morgan fingerprint density at radius 3 is 2.70 bits per heavy atom. The van der Waals surface area contributed by atoms with E-state index in [4.69, 9.17) is 22.3 Å². The lowest BCUT2D eigenvalue weighted by Gasteiger charge is -2.08. The molecule has 2 aromatic carbocycles. The minimum atomic E-state index is -0.557. The van der Waals surface area contributed by atoms with Gasteiger partial charge in [-0.05, 0) is 48.0 Å². The molecule has 30 heavy (non-hydrogen) atoms. The number of benzene rings is 2. The van der Waals surface area contributed by atoms with Gasteiger partial charge < -0.3 is 10.3 Å². The first-order valence-electron chi connectivity index (χ1n) is 9.34. The third-order valence-corrected chi connectivity index (χ3v) is 5.33. The number of aromatic nitrogens is 4. The fraction of sp³-hybridized carbons (Fsp3) is 0.0435. The SMILES string of the molecule is NC(=O)c1ccc(-c2ccc3ncn(Cc4ccc5ncccc5c4)c3n2)cc1Cl. The summed E-state index contributed by atoms with van der Waals surface area (Å²) in [5.74, 6) is -0.557. The van der Waals surface area contributed by atoms with Gasteiger partial charge in [0.2, 0.25) is 5.91 Å². The zero-order chi connectivity index (χ0) is 20.7. The number of carbonyl (C=O) groups excluding carboxylic acids is 1. The summed E-state index contributed by atoms with van der Waals surface area (Å²) in [7, 11) is 0. The number of amides is 1. The van der Waals surface area contributed by atoms with Gasteiger partial charge >= 0.3 is 0 Å². The van der Waals surface area contributed by atoms with Crippen molar-refractivity contribution in [2.24, 2.45) is 5.73 Å². The highest BCUT2D eigenvalue weighted by atomic mass is 35.5. The molecule has 1 amide bonds. The highest BCUT2D eigenvalue weighted by Gasteiger charge is 2.11. The summed E-state index contributed by atoms with van der Waals surface area (Å²) < 4.78 is 2.01.